The van der Waals surface area contributed by atoms with E-state index in [2.05, 4.69) is 9.97 Å². The molecule has 0 spiro atoms. The van der Waals surface area contributed by atoms with Crippen molar-refractivity contribution in [2.75, 3.05) is 13.1 Å². The van der Waals surface area contributed by atoms with Crippen LogP contribution < -0.4 is 5.73 Å². The number of carbonyl (C=O) groups excluding carboxylic acids is 2. The van der Waals surface area contributed by atoms with Crippen LogP contribution in [0.5, 0.6) is 0 Å². The molecule has 0 aliphatic carbocycles. The lowest BCUT2D eigenvalue weighted by Crippen LogP contribution is -2.39. The average Bonchev–Trinajstić information content (AvgIpc) is 3.08. The molecule has 1 fully saturated rings. The van der Waals surface area contributed by atoms with Gasteiger partial charge >= 0.3 is 0 Å². The molecule has 132 valence electrons. The maximum Gasteiger partial charge on any atom is 0.259 e. The number of aromatic nitrogens is 2. The Hall–Kier alpha value is -2.80. The lowest BCUT2D eigenvalue weighted by Gasteiger charge is -2.33. The van der Waals surface area contributed by atoms with Crippen LogP contribution in [0.4, 0.5) is 0 Å². The molecule has 4 rings (SSSR count). The van der Waals surface area contributed by atoms with Crippen molar-refractivity contribution < 1.29 is 9.59 Å². The first-order valence-electron chi connectivity index (χ1n) is 8.51. The number of thiophene rings is 1. The number of rotatable bonds is 3. The molecule has 0 unspecified atom stereocenters. The molecule has 0 bridgehead atoms. The molecule has 1 atom stereocenters. The van der Waals surface area contributed by atoms with Crippen LogP contribution in [0, 0.1) is 0 Å². The fourth-order valence-electron chi connectivity index (χ4n) is 3.61. The van der Waals surface area contributed by atoms with Gasteiger partial charge in [-0.05, 0) is 36.6 Å². The molecule has 0 radical (unpaired) electrons. The van der Waals surface area contributed by atoms with Gasteiger partial charge in [-0.3, -0.25) is 14.6 Å². The third-order valence-corrected chi connectivity index (χ3v) is 5.92. The summed E-state index contributed by atoms with van der Waals surface area (Å²) in [7, 11) is 0. The van der Waals surface area contributed by atoms with Gasteiger partial charge in [0.05, 0.1) is 4.88 Å². The quantitative estimate of drug-likeness (QED) is 0.772. The number of pyridine rings is 2. The van der Waals surface area contributed by atoms with E-state index in [4.69, 9.17) is 5.73 Å². The molecule has 1 aliphatic rings. The summed E-state index contributed by atoms with van der Waals surface area (Å²) in [5.74, 6) is -0.356. The van der Waals surface area contributed by atoms with Crippen LogP contribution >= 0.6 is 11.3 Å². The SMILES string of the molecule is NC(=O)c1sc2ncccc2c1[C@H]1CCCN(C(=O)c2ccncc2)C1. The lowest BCUT2D eigenvalue weighted by atomic mass is 9.88. The number of carbonyl (C=O) groups is 2. The molecule has 2 amide bonds. The minimum absolute atomic E-state index is 0.00427. The van der Waals surface area contributed by atoms with E-state index in [1.165, 1.54) is 11.3 Å². The number of nitrogens with zero attached hydrogens (tertiary/aromatic N) is 3. The van der Waals surface area contributed by atoms with Gasteiger partial charge in [0.1, 0.15) is 4.83 Å². The van der Waals surface area contributed by atoms with Crippen LogP contribution in [0.1, 0.15) is 44.4 Å². The molecule has 0 saturated carbocycles. The highest BCUT2D eigenvalue weighted by molar-refractivity contribution is 7.20. The summed E-state index contributed by atoms with van der Waals surface area (Å²) in [6.07, 6.45) is 6.77. The second-order valence-corrected chi connectivity index (χ2v) is 7.39. The fourth-order valence-corrected chi connectivity index (χ4v) is 4.70. The van der Waals surface area contributed by atoms with Crippen LogP contribution in [0.3, 0.4) is 0 Å². The molecular weight excluding hydrogens is 348 g/mol. The largest absolute Gasteiger partial charge is 0.365 e. The number of nitrogens with two attached hydrogens (primary N) is 1. The van der Waals surface area contributed by atoms with Gasteiger partial charge < -0.3 is 10.6 Å². The Bertz CT molecular complexity index is 970. The second-order valence-electron chi connectivity index (χ2n) is 6.39. The van der Waals surface area contributed by atoms with E-state index >= 15 is 0 Å². The number of hydrogen-bond acceptors (Lipinski definition) is 5. The predicted molar refractivity (Wildman–Crippen MR) is 100 cm³/mol. The summed E-state index contributed by atoms with van der Waals surface area (Å²) in [4.78, 5) is 36.3. The normalized spacial score (nSPS) is 17.4. The first-order valence-corrected chi connectivity index (χ1v) is 9.33. The topological polar surface area (TPSA) is 89.2 Å². The van der Waals surface area contributed by atoms with Crippen LogP contribution in [0.15, 0.2) is 42.9 Å². The number of fused-ring (bicyclic) bond motifs is 1. The molecule has 1 aliphatic heterocycles. The Kier molecular flexibility index (Phi) is 4.38. The number of hydrogen-bond donors (Lipinski definition) is 1. The Morgan fingerprint density at radius 2 is 2.00 bits per heavy atom. The summed E-state index contributed by atoms with van der Waals surface area (Å²) in [6.45, 7) is 1.28. The molecular formula is C19H18N4O2S. The summed E-state index contributed by atoms with van der Waals surface area (Å²) < 4.78 is 0. The van der Waals surface area contributed by atoms with Gasteiger partial charge in [-0.15, -0.1) is 11.3 Å². The molecule has 0 aromatic carbocycles. The van der Waals surface area contributed by atoms with Crippen LogP contribution in [-0.4, -0.2) is 39.8 Å². The third kappa shape index (κ3) is 2.94. The number of likely N-dealkylation sites (tertiary alicyclic amines) is 1. The zero-order valence-electron chi connectivity index (χ0n) is 14.1. The van der Waals surface area contributed by atoms with E-state index in [-0.39, 0.29) is 11.8 Å². The molecule has 6 nitrogen and oxygen atoms in total. The fraction of sp³-hybridized carbons (Fsp3) is 0.263. The van der Waals surface area contributed by atoms with Gasteiger partial charge in [-0.2, -0.15) is 0 Å². The highest BCUT2D eigenvalue weighted by atomic mass is 32.1. The van der Waals surface area contributed by atoms with E-state index in [9.17, 15) is 9.59 Å². The van der Waals surface area contributed by atoms with Crippen molar-refractivity contribution in [1.29, 1.82) is 0 Å². The van der Waals surface area contributed by atoms with Crippen molar-refractivity contribution in [3.63, 3.8) is 0 Å². The predicted octanol–water partition coefficient (Wildman–Crippen LogP) is 2.81. The van der Waals surface area contributed by atoms with Crippen molar-refractivity contribution in [2.24, 2.45) is 5.73 Å². The third-order valence-electron chi connectivity index (χ3n) is 4.77. The van der Waals surface area contributed by atoms with E-state index in [0.717, 1.165) is 28.6 Å². The first kappa shape index (κ1) is 16.7. The maximum atomic E-state index is 12.8. The molecule has 4 heterocycles. The molecule has 7 heteroatoms. The minimum Gasteiger partial charge on any atom is -0.365 e. The molecule has 2 N–H and O–H groups in total. The number of amides is 2. The van der Waals surface area contributed by atoms with Gasteiger partial charge in [-0.25, -0.2) is 4.98 Å². The molecule has 3 aromatic heterocycles. The first-order chi connectivity index (χ1) is 12.6. The van der Waals surface area contributed by atoms with Crippen molar-refractivity contribution in [2.45, 2.75) is 18.8 Å². The van der Waals surface area contributed by atoms with Gasteiger partial charge in [0, 0.05) is 48.5 Å². The van der Waals surface area contributed by atoms with Gasteiger partial charge in [0.25, 0.3) is 11.8 Å². The van der Waals surface area contributed by atoms with Gasteiger partial charge in [-0.1, -0.05) is 6.07 Å². The zero-order valence-corrected chi connectivity index (χ0v) is 14.9. The highest BCUT2D eigenvalue weighted by Crippen LogP contribution is 2.39. The number of primary amides is 1. The Balaban J connectivity index is 1.68. The maximum absolute atomic E-state index is 12.8. The summed E-state index contributed by atoms with van der Waals surface area (Å²) in [5.41, 5.74) is 7.20. The Morgan fingerprint density at radius 3 is 2.77 bits per heavy atom. The molecule has 1 saturated heterocycles. The van der Waals surface area contributed by atoms with Gasteiger partial charge in [0.15, 0.2) is 0 Å². The van der Waals surface area contributed by atoms with Crippen molar-refractivity contribution in [3.8, 4) is 0 Å². The molecule has 3 aromatic rings. The van der Waals surface area contributed by atoms with E-state index in [1.807, 2.05) is 17.0 Å². The highest BCUT2D eigenvalue weighted by Gasteiger charge is 2.30. The van der Waals surface area contributed by atoms with Crippen LogP contribution in [-0.2, 0) is 0 Å². The van der Waals surface area contributed by atoms with E-state index in [1.54, 1.807) is 30.7 Å². The monoisotopic (exact) mass is 366 g/mol. The van der Waals surface area contributed by atoms with Crippen LogP contribution in [0.2, 0.25) is 0 Å². The van der Waals surface area contributed by atoms with Crippen molar-refractivity contribution in [1.82, 2.24) is 14.9 Å². The zero-order chi connectivity index (χ0) is 18.1. The smallest absolute Gasteiger partial charge is 0.259 e. The average molecular weight is 366 g/mol. The summed E-state index contributed by atoms with van der Waals surface area (Å²) in [5, 5.41) is 0.967. The molecule has 26 heavy (non-hydrogen) atoms. The lowest BCUT2D eigenvalue weighted by molar-refractivity contribution is 0.0707. The Morgan fingerprint density at radius 1 is 1.19 bits per heavy atom. The van der Waals surface area contributed by atoms with Crippen molar-refractivity contribution in [3.05, 3.63) is 58.9 Å². The minimum atomic E-state index is -0.430. The Labute approximate surface area is 154 Å². The second kappa shape index (κ2) is 6.84. The standard InChI is InChI=1S/C19H18N4O2S/c20-17(24)16-15(14-4-1-7-22-18(14)26-16)13-3-2-10-23(11-13)19(25)12-5-8-21-9-6-12/h1,4-9,13H,2-3,10-11H2,(H2,20,24)/t13-/m0/s1. The van der Waals surface area contributed by atoms with Crippen LogP contribution in [0.25, 0.3) is 10.2 Å². The summed E-state index contributed by atoms with van der Waals surface area (Å²) >= 11 is 1.33. The van der Waals surface area contributed by atoms with Crippen molar-refractivity contribution >= 4 is 33.4 Å². The van der Waals surface area contributed by atoms with E-state index < -0.39 is 5.91 Å². The van der Waals surface area contributed by atoms with Gasteiger partial charge in [0.2, 0.25) is 0 Å². The summed E-state index contributed by atoms with van der Waals surface area (Å²) in [6, 6.07) is 7.30. The number of piperidine rings is 1. The van der Waals surface area contributed by atoms with E-state index in [0.29, 0.717) is 23.5 Å².